The lowest BCUT2D eigenvalue weighted by molar-refractivity contribution is 0.245. The summed E-state index contributed by atoms with van der Waals surface area (Å²) in [5.41, 5.74) is 5.52. The lowest BCUT2D eigenvalue weighted by Crippen LogP contribution is -2.30. The zero-order chi connectivity index (χ0) is 19.1. The average molecular weight is 411 g/mol. The zero-order valence-electron chi connectivity index (χ0n) is 15.8. The molecule has 0 saturated heterocycles. The van der Waals surface area contributed by atoms with Crippen LogP contribution in [0.1, 0.15) is 16.8 Å². The predicted octanol–water partition coefficient (Wildman–Crippen LogP) is 5.89. The molecular weight excluding hydrogens is 390 g/mol. The second kappa shape index (κ2) is 7.97. The van der Waals surface area contributed by atoms with Gasteiger partial charge in [0.15, 0.2) is 0 Å². The van der Waals surface area contributed by atoms with Crippen molar-refractivity contribution in [1.29, 1.82) is 0 Å². The van der Waals surface area contributed by atoms with E-state index in [0.717, 1.165) is 42.6 Å². The fraction of sp³-hybridized carbons (Fsp3) is 0.167. The SMILES string of the molecule is Cl.Fc1ccc(-n2c3c(c4cc(F)ccc42)CN(Cc2ccccc2)CC3)cc1. The third kappa shape index (κ3) is 3.66. The van der Waals surface area contributed by atoms with E-state index in [1.54, 1.807) is 18.2 Å². The van der Waals surface area contributed by atoms with Crippen LogP contribution in [0.3, 0.4) is 0 Å². The summed E-state index contributed by atoms with van der Waals surface area (Å²) in [5.74, 6) is -0.485. The van der Waals surface area contributed by atoms with Crippen LogP contribution in [-0.4, -0.2) is 16.0 Å². The van der Waals surface area contributed by atoms with Gasteiger partial charge in [-0.2, -0.15) is 0 Å². The van der Waals surface area contributed by atoms with Gasteiger partial charge in [-0.3, -0.25) is 4.90 Å². The molecule has 1 aliphatic rings. The molecule has 148 valence electrons. The predicted molar refractivity (Wildman–Crippen MR) is 115 cm³/mol. The number of fused-ring (bicyclic) bond motifs is 3. The van der Waals surface area contributed by atoms with Crippen molar-refractivity contribution >= 4 is 23.3 Å². The Kier molecular flexibility index (Phi) is 5.39. The van der Waals surface area contributed by atoms with Crippen LogP contribution in [0.25, 0.3) is 16.6 Å². The lowest BCUT2D eigenvalue weighted by Gasteiger charge is -2.28. The largest absolute Gasteiger partial charge is 0.313 e. The standard InChI is InChI=1S/C24H20F2N2.ClH/c25-18-6-9-20(10-7-18)28-23-11-8-19(26)14-21(23)22-16-27(13-12-24(22)28)15-17-4-2-1-3-5-17;/h1-11,14H,12-13,15-16H2;1H. The van der Waals surface area contributed by atoms with E-state index in [0.29, 0.717) is 0 Å². The van der Waals surface area contributed by atoms with Crippen molar-refractivity contribution in [1.82, 2.24) is 9.47 Å². The van der Waals surface area contributed by atoms with Crippen LogP contribution in [0.5, 0.6) is 0 Å². The molecule has 0 radical (unpaired) electrons. The Labute approximate surface area is 174 Å². The molecule has 1 aromatic heterocycles. The highest BCUT2D eigenvalue weighted by Crippen LogP contribution is 2.34. The van der Waals surface area contributed by atoms with E-state index in [2.05, 4.69) is 33.7 Å². The van der Waals surface area contributed by atoms with Crippen LogP contribution in [0, 0.1) is 11.6 Å². The van der Waals surface area contributed by atoms with Gasteiger partial charge in [-0.05, 0) is 53.6 Å². The minimum absolute atomic E-state index is 0. The maximum absolute atomic E-state index is 14.0. The number of aromatic nitrogens is 1. The molecule has 0 aliphatic carbocycles. The highest BCUT2D eigenvalue weighted by atomic mass is 35.5. The molecule has 0 spiro atoms. The van der Waals surface area contributed by atoms with E-state index in [9.17, 15) is 8.78 Å². The van der Waals surface area contributed by atoms with E-state index in [1.807, 2.05) is 12.1 Å². The molecule has 5 heteroatoms. The third-order valence-electron chi connectivity index (χ3n) is 5.52. The van der Waals surface area contributed by atoms with Crippen molar-refractivity contribution < 1.29 is 8.78 Å². The normalized spacial score (nSPS) is 13.9. The Bertz CT molecular complexity index is 1140. The molecule has 3 aromatic carbocycles. The van der Waals surface area contributed by atoms with Crippen LogP contribution in [0.4, 0.5) is 8.78 Å². The number of benzene rings is 3. The molecule has 2 heterocycles. The number of hydrogen-bond donors (Lipinski definition) is 0. The molecule has 1 aliphatic heterocycles. The fourth-order valence-corrected chi connectivity index (χ4v) is 4.25. The van der Waals surface area contributed by atoms with Crippen LogP contribution in [0.2, 0.25) is 0 Å². The van der Waals surface area contributed by atoms with E-state index in [4.69, 9.17) is 0 Å². The Morgan fingerprint density at radius 3 is 2.31 bits per heavy atom. The van der Waals surface area contributed by atoms with Gasteiger partial charge in [0.1, 0.15) is 11.6 Å². The molecule has 5 rings (SSSR count). The van der Waals surface area contributed by atoms with E-state index < -0.39 is 0 Å². The summed E-state index contributed by atoms with van der Waals surface area (Å²) in [6.07, 6.45) is 0.871. The van der Waals surface area contributed by atoms with Crippen molar-refractivity contribution in [3.8, 4) is 5.69 Å². The van der Waals surface area contributed by atoms with Gasteiger partial charge in [0.05, 0.1) is 5.52 Å². The Morgan fingerprint density at radius 1 is 0.828 bits per heavy atom. The van der Waals surface area contributed by atoms with Gasteiger partial charge in [-0.15, -0.1) is 12.4 Å². The summed E-state index contributed by atoms with van der Waals surface area (Å²) in [6.45, 7) is 2.58. The third-order valence-corrected chi connectivity index (χ3v) is 5.52. The van der Waals surface area contributed by atoms with E-state index >= 15 is 0 Å². The maximum Gasteiger partial charge on any atom is 0.123 e. The van der Waals surface area contributed by atoms with Crippen LogP contribution >= 0.6 is 12.4 Å². The van der Waals surface area contributed by atoms with Crippen LogP contribution < -0.4 is 0 Å². The monoisotopic (exact) mass is 410 g/mol. The van der Waals surface area contributed by atoms with Crippen molar-refractivity contribution in [2.75, 3.05) is 6.54 Å². The molecule has 0 fully saturated rings. The number of halogens is 3. The maximum atomic E-state index is 14.0. The van der Waals surface area contributed by atoms with Gasteiger partial charge in [-0.1, -0.05) is 30.3 Å². The first kappa shape index (κ1) is 19.6. The first-order valence-corrected chi connectivity index (χ1v) is 9.53. The topological polar surface area (TPSA) is 8.17 Å². The molecule has 0 atom stereocenters. The minimum atomic E-state index is -0.255. The highest BCUT2D eigenvalue weighted by molar-refractivity contribution is 5.87. The van der Waals surface area contributed by atoms with Gasteiger partial charge >= 0.3 is 0 Å². The average Bonchev–Trinajstić information content (AvgIpc) is 3.02. The summed E-state index contributed by atoms with van der Waals surface area (Å²) in [7, 11) is 0. The number of nitrogens with zero attached hydrogens (tertiary/aromatic N) is 2. The molecule has 0 N–H and O–H groups in total. The molecule has 0 saturated carbocycles. The first-order valence-electron chi connectivity index (χ1n) is 9.53. The Hall–Kier alpha value is -2.69. The minimum Gasteiger partial charge on any atom is -0.313 e. The Morgan fingerprint density at radius 2 is 1.55 bits per heavy atom. The van der Waals surface area contributed by atoms with Crippen molar-refractivity contribution in [3.63, 3.8) is 0 Å². The zero-order valence-corrected chi connectivity index (χ0v) is 16.6. The molecular formula is C24H21ClF2N2. The summed E-state index contributed by atoms with van der Waals surface area (Å²) in [4.78, 5) is 2.40. The molecule has 0 bridgehead atoms. The molecule has 4 aromatic rings. The lowest BCUT2D eigenvalue weighted by atomic mass is 10.0. The van der Waals surface area contributed by atoms with Gasteiger partial charge < -0.3 is 4.57 Å². The van der Waals surface area contributed by atoms with Crippen LogP contribution in [-0.2, 0) is 19.5 Å². The smallest absolute Gasteiger partial charge is 0.123 e. The summed E-state index contributed by atoms with van der Waals surface area (Å²) in [6, 6.07) is 21.9. The Balaban J connectivity index is 0.00000205. The second-order valence-electron chi connectivity index (χ2n) is 7.34. The first-order chi connectivity index (χ1) is 13.7. The number of hydrogen-bond acceptors (Lipinski definition) is 1. The van der Waals surface area contributed by atoms with Gasteiger partial charge in [0.2, 0.25) is 0 Å². The van der Waals surface area contributed by atoms with E-state index in [-0.39, 0.29) is 24.0 Å². The fourth-order valence-electron chi connectivity index (χ4n) is 4.25. The second-order valence-corrected chi connectivity index (χ2v) is 7.34. The van der Waals surface area contributed by atoms with Gasteiger partial charge in [0, 0.05) is 42.8 Å². The summed E-state index contributed by atoms with van der Waals surface area (Å²) < 4.78 is 29.6. The quantitative estimate of drug-likeness (QED) is 0.409. The van der Waals surface area contributed by atoms with Crippen molar-refractivity contribution in [3.05, 3.63) is 101 Å². The van der Waals surface area contributed by atoms with Gasteiger partial charge in [-0.25, -0.2) is 8.78 Å². The molecule has 2 nitrogen and oxygen atoms in total. The summed E-state index contributed by atoms with van der Waals surface area (Å²) in [5, 5.41) is 0.942. The van der Waals surface area contributed by atoms with Crippen molar-refractivity contribution in [2.45, 2.75) is 19.5 Å². The van der Waals surface area contributed by atoms with E-state index in [1.165, 1.54) is 35.0 Å². The van der Waals surface area contributed by atoms with Gasteiger partial charge in [0.25, 0.3) is 0 Å². The molecule has 0 unspecified atom stereocenters. The highest BCUT2D eigenvalue weighted by Gasteiger charge is 2.25. The molecule has 0 amide bonds. The molecule has 29 heavy (non-hydrogen) atoms. The summed E-state index contributed by atoms with van der Waals surface area (Å²) >= 11 is 0. The van der Waals surface area contributed by atoms with Crippen molar-refractivity contribution in [2.24, 2.45) is 0 Å². The number of rotatable bonds is 3. The van der Waals surface area contributed by atoms with Crippen LogP contribution in [0.15, 0.2) is 72.8 Å².